The molecule has 108 valence electrons. The van der Waals surface area contributed by atoms with Crippen LogP contribution < -0.4 is 11.1 Å². The van der Waals surface area contributed by atoms with Crippen LogP contribution in [0.2, 0.25) is 0 Å². The number of piperidine rings is 1. The van der Waals surface area contributed by atoms with E-state index in [9.17, 15) is 4.79 Å². The van der Waals surface area contributed by atoms with Gasteiger partial charge in [-0.25, -0.2) is 0 Å². The van der Waals surface area contributed by atoms with Gasteiger partial charge in [0.25, 0.3) is 0 Å². The van der Waals surface area contributed by atoms with Gasteiger partial charge in [0.15, 0.2) is 0 Å². The normalized spacial score (nSPS) is 19.6. The highest BCUT2D eigenvalue weighted by molar-refractivity contribution is 7.80. The third-order valence-electron chi connectivity index (χ3n) is 3.61. The van der Waals surface area contributed by atoms with Crippen LogP contribution in [0.3, 0.4) is 0 Å². The molecule has 0 bridgehead atoms. The zero-order valence-electron chi connectivity index (χ0n) is 11.8. The van der Waals surface area contributed by atoms with Crippen molar-refractivity contribution in [1.29, 1.82) is 0 Å². The van der Waals surface area contributed by atoms with Crippen LogP contribution in [0, 0.1) is 12.8 Å². The Bertz CT molecular complexity index is 486. The van der Waals surface area contributed by atoms with Gasteiger partial charge in [-0.05, 0) is 38.4 Å². The van der Waals surface area contributed by atoms with Crippen LogP contribution in [0.25, 0.3) is 0 Å². The molecule has 1 amide bonds. The first-order valence-corrected chi connectivity index (χ1v) is 7.33. The van der Waals surface area contributed by atoms with E-state index in [1.165, 1.54) is 5.56 Å². The van der Waals surface area contributed by atoms with Crippen LogP contribution in [0.1, 0.15) is 18.4 Å². The largest absolute Gasteiger partial charge is 0.393 e. The molecule has 5 heteroatoms. The highest BCUT2D eigenvalue weighted by atomic mass is 32.1. The fourth-order valence-electron chi connectivity index (χ4n) is 2.47. The fourth-order valence-corrected chi connectivity index (χ4v) is 2.66. The molecular formula is C15H21N3OS. The SMILES string of the molecule is Cc1ccc(NC(=O)CN2CCCC(C(N)=S)C2)cc1. The van der Waals surface area contributed by atoms with E-state index in [1.54, 1.807) is 0 Å². The van der Waals surface area contributed by atoms with E-state index in [2.05, 4.69) is 10.2 Å². The number of thiocarbonyl (C=S) groups is 1. The number of likely N-dealkylation sites (tertiary alicyclic amines) is 1. The van der Waals surface area contributed by atoms with Gasteiger partial charge in [-0.2, -0.15) is 0 Å². The molecule has 1 atom stereocenters. The average Bonchev–Trinajstić information content (AvgIpc) is 2.41. The smallest absolute Gasteiger partial charge is 0.238 e. The first-order chi connectivity index (χ1) is 9.54. The Balaban J connectivity index is 1.85. The fraction of sp³-hybridized carbons (Fsp3) is 0.467. The van der Waals surface area contributed by atoms with E-state index < -0.39 is 0 Å². The van der Waals surface area contributed by atoms with Gasteiger partial charge >= 0.3 is 0 Å². The molecule has 4 nitrogen and oxygen atoms in total. The lowest BCUT2D eigenvalue weighted by Crippen LogP contribution is -2.43. The molecule has 1 aromatic rings. The predicted molar refractivity (Wildman–Crippen MR) is 85.8 cm³/mol. The third-order valence-corrected chi connectivity index (χ3v) is 3.94. The number of hydrogen-bond donors (Lipinski definition) is 2. The van der Waals surface area contributed by atoms with E-state index in [1.807, 2.05) is 31.2 Å². The lowest BCUT2D eigenvalue weighted by Gasteiger charge is -2.31. The Kier molecular flexibility index (Phi) is 5.09. The average molecular weight is 291 g/mol. The van der Waals surface area contributed by atoms with Crippen molar-refractivity contribution in [2.75, 3.05) is 25.0 Å². The van der Waals surface area contributed by atoms with Crippen molar-refractivity contribution in [2.24, 2.45) is 11.7 Å². The molecule has 1 heterocycles. The number of carbonyl (C=O) groups excluding carboxylic acids is 1. The van der Waals surface area contributed by atoms with E-state index >= 15 is 0 Å². The summed E-state index contributed by atoms with van der Waals surface area (Å²) < 4.78 is 0. The number of nitrogens with two attached hydrogens (primary N) is 1. The molecule has 2 rings (SSSR count). The number of anilines is 1. The Hall–Kier alpha value is -1.46. The number of hydrogen-bond acceptors (Lipinski definition) is 3. The Labute approximate surface area is 125 Å². The van der Waals surface area contributed by atoms with Crippen molar-refractivity contribution >= 4 is 28.8 Å². The van der Waals surface area contributed by atoms with E-state index in [4.69, 9.17) is 18.0 Å². The van der Waals surface area contributed by atoms with Gasteiger partial charge in [0.2, 0.25) is 5.91 Å². The summed E-state index contributed by atoms with van der Waals surface area (Å²) in [5.74, 6) is 0.253. The quantitative estimate of drug-likeness (QED) is 0.832. The molecule has 1 aliphatic heterocycles. The second-order valence-electron chi connectivity index (χ2n) is 5.39. The van der Waals surface area contributed by atoms with Crippen molar-refractivity contribution in [1.82, 2.24) is 4.90 Å². The molecule has 0 saturated carbocycles. The van der Waals surface area contributed by atoms with E-state index in [0.717, 1.165) is 31.6 Å². The van der Waals surface area contributed by atoms with Crippen LogP contribution in [0.4, 0.5) is 5.69 Å². The van der Waals surface area contributed by atoms with Gasteiger partial charge in [-0.3, -0.25) is 9.69 Å². The maximum Gasteiger partial charge on any atom is 0.238 e. The van der Waals surface area contributed by atoms with Crippen molar-refractivity contribution in [2.45, 2.75) is 19.8 Å². The summed E-state index contributed by atoms with van der Waals surface area (Å²) in [6, 6.07) is 7.81. The Morgan fingerprint density at radius 3 is 2.80 bits per heavy atom. The Morgan fingerprint density at radius 1 is 1.45 bits per heavy atom. The number of rotatable bonds is 4. The molecule has 20 heavy (non-hydrogen) atoms. The van der Waals surface area contributed by atoms with Gasteiger partial charge < -0.3 is 11.1 Å². The highest BCUT2D eigenvalue weighted by Crippen LogP contribution is 2.16. The maximum atomic E-state index is 12.0. The van der Waals surface area contributed by atoms with Crippen molar-refractivity contribution in [3.63, 3.8) is 0 Å². The minimum atomic E-state index is 0.0115. The number of nitrogens with zero attached hydrogens (tertiary/aromatic N) is 1. The van der Waals surface area contributed by atoms with Crippen molar-refractivity contribution in [3.05, 3.63) is 29.8 Å². The monoisotopic (exact) mass is 291 g/mol. The minimum absolute atomic E-state index is 0.0115. The van der Waals surface area contributed by atoms with E-state index in [0.29, 0.717) is 11.5 Å². The van der Waals surface area contributed by atoms with Crippen LogP contribution in [-0.4, -0.2) is 35.4 Å². The lowest BCUT2D eigenvalue weighted by molar-refractivity contribution is -0.117. The Morgan fingerprint density at radius 2 is 2.15 bits per heavy atom. The summed E-state index contributed by atoms with van der Waals surface area (Å²) in [6.07, 6.45) is 2.07. The van der Waals surface area contributed by atoms with Gasteiger partial charge in [0.05, 0.1) is 11.5 Å². The van der Waals surface area contributed by atoms with Crippen LogP contribution in [0.5, 0.6) is 0 Å². The zero-order chi connectivity index (χ0) is 14.5. The standard InChI is InChI=1S/C15H21N3OS/c1-11-4-6-13(7-5-11)17-14(19)10-18-8-2-3-12(9-18)15(16)20/h4-7,12H,2-3,8-10H2,1H3,(H2,16,20)(H,17,19). The molecule has 0 spiro atoms. The first-order valence-electron chi connectivity index (χ1n) is 6.93. The summed E-state index contributed by atoms with van der Waals surface area (Å²) in [6.45, 7) is 4.14. The van der Waals surface area contributed by atoms with Crippen molar-refractivity contribution in [3.8, 4) is 0 Å². The molecule has 0 aliphatic carbocycles. The van der Waals surface area contributed by atoms with Crippen LogP contribution in [0.15, 0.2) is 24.3 Å². The highest BCUT2D eigenvalue weighted by Gasteiger charge is 2.23. The van der Waals surface area contributed by atoms with Crippen LogP contribution >= 0.6 is 12.2 Å². The topological polar surface area (TPSA) is 58.4 Å². The molecule has 0 aromatic heterocycles. The number of aryl methyl sites for hydroxylation is 1. The maximum absolute atomic E-state index is 12.0. The van der Waals surface area contributed by atoms with Gasteiger partial charge in [0, 0.05) is 18.2 Å². The second-order valence-corrected chi connectivity index (χ2v) is 5.86. The number of carbonyl (C=O) groups is 1. The molecule has 1 fully saturated rings. The first kappa shape index (κ1) is 14.9. The zero-order valence-corrected chi connectivity index (χ0v) is 12.6. The summed E-state index contributed by atoms with van der Waals surface area (Å²) in [7, 11) is 0. The summed E-state index contributed by atoms with van der Waals surface area (Å²) in [5, 5.41) is 2.92. The molecule has 0 radical (unpaired) electrons. The van der Waals surface area contributed by atoms with Gasteiger partial charge in [0.1, 0.15) is 0 Å². The molecule has 1 aromatic carbocycles. The summed E-state index contributed by atoms with van der Waals surface area (Å²) in [4.78, 5) is 14.7. The van der Waals surface area contributed by atoms with Gasteiger partial charge in [-0.15, -0.1) is 0 Å². The van der Waals surface area contributed by atoms with E-state index in [-0.39, 0.29) is 11.8 Å². The van der Waals surface area contributed by atoms with Crippen molar-refractivity contribution < 1.29 is 4.79 Å². The number of nitrogens with one attached hydrogen (secondary N) is 1. The molecular weight excluding hydrogens is 270 g/mol. The number of benzene rings is 1. The molecule has 1 saturated heterocycles. The minimum Gasteiger partial charge on any atom is -0.393 e. The van der Waals surface area contributed by atoms with Gasteiger partial charge in [-0.1, -0.05) is 29.9 Å². The molecule has 1 unspecified atom stereocenters. The second kappa shape index (κ2) is 6.81. The van der Waals surface area contributed by atoms with Crippen LogP contribution in [-0.2, 0) is 4.79 Å². The molecule has 1 aliphatic rings. The molecule has 3 N–H and O–H groups in total. The lowest BCUT2D eigenvalue weighted by atomic mass is 9.98. The third kappa shape index (κ3) is 4.28. The summed E-state index contributed by atoms with van der Waals surface area (Å²) in [5.41, 5.74) is 7.72. The summed E-state index contributed by atoms with van der Waals surface area (Å²) >= 11 is 5.05. The predicted octanol–water partition coefficient (Wildman–Crippen LogP) is 1.93. The number of amides is 1.